The highest BCUT2D eigenvalue weighted by Crippen LogP contribution is 2.33. The van der Waals surface area contributed by atoms with Gasteiger partial charge in [-0.05, 0) is 53.6 Å². The molecule has 0 unspecified atom stereocenters. The van der Waals surface area contributed by atoms with Crippen LogP contribution in [-0.4, -0.2) is 46.8 Å². The van der Waals surface area contributed by atoms with Crippen molar-refractivity contribution < 1.29 is 23.9 Å². The summed E-state index contributed by atoms with van der Waals surface area (Å²) in [4.78, 5) is 42.2. The summed E-state index contributed by atoms with van der Waals surface area (Å²) in [6, 6.07) is 9.16. The summed E-state index contributed by atoms with van der Waals surface area (Å²) in [5, 5.41) is 2.42. The largest absolute Gasteiger partial charge is 0.454 e. The minimum Gasteiger partial charge on any atom is -0.454 e. The van der Waals surface area contributed by atoms with Crippen LogP contribution in [0.2, 0.25) is 0 Å². The highest BCUT2D eigenvalue weighted by molar-refractivity contribution is 8.18. The Hall–Kier alpha value is -3.33. The number of hydrogen-bond acceptors (Lipinski definition) is 7. The number of rotatable bonds is 7. The Kier molecular flexibility index (Phi) is 5.99. The van der Waals surface area contributed by atoms with Crippen molar-refractivity contribution in [3.63, 3.8) is 0 Å². The van der Waals surface area contributed by atoms with Crippen LogP contribution in [0.3, 0.4) is 0 Å². The molecular weight excluding hydrogens is 406 g/mol. The number of benzene rings is 1. The minimum absolute atomic E-state index is 0.130. The van der Waals surface area contributed by atoms with Crippen molar-refractivity contribution in [2.24, 2.45) is 0 Å². The number of pyridine rings is 1. The second kappa shape index (κ2) is 9.00. The lowest BCUT2D eigenvalue weighted by Crippen LogP contribution is -2.37. The molecule has 2 aromatic rings. The molecule has 4 rings (SSSR count). The number of hydrogen-bond donors (Lipinski definition) is 1. The van der Waals surface area contributed by atoms with E-state index in [2.05, 4.69) is 10.3 Å². The van der Waals surface area contributed by atoms with Crippen molar-refractivity contribution in [2.75, 3.05) is 19.9 Å². The molecule has 0 spiro atoms. The van der Waals surface area contributed by atoms with E-state index in [-0.39, 0.29) is 36.9 Å². The standard InChI is InChI=1S/C21H19N3O5S/c25-19(6-4-14-3-5-16-17(10-14)29-13-28-16)23-8-9-24-20(26)18(30-21(24)27)11-15-2-1-7-22-12-15/h1-3,5,7,10-12H,4,6,8-9,13H2,(H,23,25)/b18-11-. The third-order valence-corrected chi connectivity index (χ3v) is 5.50. The number of nitrogens with one attached hydrogen (secondary N) is 1. The first-order valence-corrected chi connectivity index (χ1v) is 10.2. The number of imide groups is 1. The molecule has 1 fully saturated rings. The van der Waals surface area contributed by atoms with E-state index < -0.39 is 0 Å². The van der Waals surface area contributed by atoms with Gasteiger partial charge in [0.1, 0.15) is 0 Å². The van der Waals surface area contributed by atoms with Crippen molar-refractivity contribution in [1.29, 1.82) is 0 Å². The first kappa shape index (κ1) is 20.0. The van der Waals surface area contributed by atoms with Crippen LogP contribution in [0.25, 0.3) is 6.08 Å². The number of ether oxygens (including phenoxy) is 2. The van der Waals surface area contributed by atoms with Gasteiger partial charge in [0, 0.05) is 31.9 Å². The molecule has 1 aromatic carbocycles. The number of carbonyl (C=O) groups excluding carboxylic acids is 3. The van der Waals surface area contributed by atoms with Gasteiger partial charge in [0.25, 0.3) is 11.1 Å². The van der Waals surface area contributed by atoms with Crippen LogP contribution >= 0.6 is 11.8 Å². The Bertz CT molecular complexity index is 1010. The topological polar surface area (TPSA) is 97.8 Å². The highest BCUT2D eigenvalue weighted by Gasteiger charge is 2.34. The Morgan fingerprint density at radius 3 is 2.93 bits per heavy atom. The van der Waals surface area contributed by atoms with Gasteiger partial charge >= 0.3 is 0 Å². The molecule has 3 heterocycles. The van der Waals surface area contributed by atoms with Gasteiger partial charge in [0.2, 0.25) is 12.7 Å². The molecule has 30 heavy (non-hydrogen) atoms. The van der Waals surface area contributed by atoms with Gasteiger partial charge in [-0.25, -0.2) is 0 Å². The molecule has 8 nitrogen and oxygen atoms in total. The third-order valence-electron chi connectivity index (χ3n) is 4.59. The fraction of sp³-hybridized carbons (Fsp3) is 0.238. The molecule has 0 aliphatic carbocycles. The summed E-state index contributed by atoms with van der Waals surface area (Å²) >= 11 is 0.889. The molecule has 0 bridgehead atoms. The van der Waals surface area contributed by atoms with Crippen molar-refractivity contribution in [3.05, 3.63) is 58.8 Å². The van der Waals surface area contributed by atoms with Crippen molar-refractivity contribution >= 4 is 34.9 Å². The molecule has 1 saturated heterocycles. The monoisotopic (exact) mass is 425 g/mol. The van der Waals surface area contributed by atoms with Crippen LogP contribution in [0.1, 0.15) is 17.5 Å². The summed E-state index contributed by atoms with van der Waals surface area (Å²) in [6.07, 6.45) is 5.74. The zero-order valence-electron chi connectivity index (χ0n) is 16.0. The Morgan fingerprint density at radius 2 is 2.10 bits per heavy atom. The quantitative estimate of drug-likeness (QED) is 0.681. The average Bonchev–Trinajstić information content (AvgIpc) is 3.32. The van der Waals surface area contributed by atoms with Gasteiger partial charge in [-0.3, -0.25) is 24.3 Å². The summed E-state index contributed by atoms with van der Waals surface area (Å²) in [5.74, 6) is 0.888. The number of fused-ring (bicyclic) bond motifs is 1. The van der Waals surface area contributed by atoms with E-state index in [9.17, 15) is 14.4 Å². The predicted molar refractivity (Wildman–Crippen MR) is 111 cm³/mol. The number of aromatic nitrogens is 1. The molecule has 0 saturated carbocycles. The van der Waals surface area contributed by atoms with E-state index in [1.54, 1.807) is 30.6 Å². The molecular formula is C21H19N3O5S. The fourth-order valence-electron chi connectivity index (χ4n) is 3.06. The molecule has 154 valence electrons. The van der Waals surface area contributed by atoms with Crippen LogP contribution in [-0.2, 0) is 16.0 Å². The van der Waals surface area contributed by atoms with Gasteiger partial charge < -0.3 is 14.8 Å². The lowest BCUT2D eigenvalue weighted by Gasteiger charge is -2.13. The summed E-state index contributed by atoms with van der Waals surface area (Å²) in [7, 11) is 0. The van der Waals surface area contributed by atoms with E-state index in [4.69, 9.17) is 9.47 Å². The summed E-state index contributed by atoms with van der Waals surface area (Å²) in [5.41, 5.74) is 1.72. The fourth-order valence-corrected chi connectivity index (χ4v) is 3.92. The number of aryl methyl sites for hydroxylation is 1. The SMILES string of the molecule is O=C(CCc1ccc2c(c1)OCO2)NCCN1C(=O)S/C(=C\c2cccnc2)C1=O. The maximum atomic E-state index is 12.5. The molecule has 2 aliphatic heterocycles. The van der Waals surface area contributed by atoms with Crippen molar-refractivity contribution in [2.45, 2.75) is 12.8 Å². The molecule has 9 heteroatoms. The first-order valence-electron chi connectivity index (χ1n) is 9.41. The maximum absolute atomic E-state index is 12.5. The summed E-state index contributed by atoms with van der Waals surface area (Å²) < 4.78 is 10.6. The van der Waals surface area contributed by atoms with E-state index in [1.165, 1.54) is 0 Å². The number of thioether (sulfide) groups is 1. The smallest absolute Gasteiger partial charge is 0.293 e. The second-order valence-electron chi connectivity index (χ2n) is 6.66. The Labute approximate surface area is 177 Å². The van der Waals surface area contributed by atoms with Gasteiger partial charge in [-0.1, -0.05) is 12.1 Å². The van der Waals surface area contributed by atoms with E-state index in [1.807, 2.05) is 18.2 Å². The van der Waals surface area contributed by atoms with Crippen molar-refractivity contribution in [3.8, 4) is 11.5 Å². The van der Waals surface area contributed by atoms with Crippen molar-refractivity contribution in [1.82, 2.24) is 15.2 Å². The van der Waals surface area contributed by atoms with Gasteiger partial charge in [-0.2, -0.15) is 0 Å². The van der Waals surface area contributed by atoms with Crippen LogP contribution in [0.4, 0.5) is 4.79 Å². The maximum Gasteiger partial charge on any atom is 0.293 e. The predicted octanol–water partition coefficient (Wildman–Crippen LogP) is 2.60. The third kappa shape index (κ3) is 4.62. The lowest BCUT2D eigenvalue weighted by atomic mass is 10.1. The number of amides is 3. The number of carbonyl (C=O) groups is 3. The summed E-state index contributed by atoms with van der Waals surface area (Å²) in [6.45, 7) is 0.549. The van der Waals surface area contributed by atoms with Crippen LogP contribution in [0, 0.1) is 0 Å². The van der Waals surface area contributed by atoms with Crippen LogP contribution in [0.5, 0.6) is 11.5 Å². The van der Waals surface area contributed by atoms with Crippen LogP contribution in [0.15, 0.2) is 47.6 Å². The van der Waals surface area contributed by atoms with Gasteiger partial charge in [0.15, 0.2) is 11.5 Å². The second-order valence-corrected chi connectivity index (χ2v) is 7.65. The van der Waals surface area contributed by atoms with E-state index >= 15 is 0 Å². The van der Waals surface area contributed by atoms with Gasteiger partial charge in [0.05, 0.1) is 4.91 Å². The van der Waals surface area contributed by atoms with E-state index in [0.29, 0.717) is 29.2 Å². The normalized spacial score (nSPS) is 16.4. The molecule has 3 amide bonds. The zero-order chi connectivity index (χ0) is 20.9. The molecule has 1 N–H and O–H groups in total. The Balaban J connectivity index is 1.24. The highest BCUT2D eigenvalue weighted by atomic mass is 32.2. The molecule has 1 aromatic heterocycles. The van der Waals surface area contributed by atoms with Crippen LogP contribution < -0.4 is 14.8 Å². The molecule has 2 aliphatic rings. The number of nitrogens with zero attached hydrogens (tertiary/aromatic N) is 2. The van der Waals surface area contributed by atoms with E-state index in [0.717, 1.165) is 27.8 Å². The Morgan fingerprint density at radius 1 is 1.23 bits per heavy atom. The molecule has 0 atom stereocenters. The minimum atomic E-state index is -0.358. The zero-order valence-corrected chi connectivity index (χ0v) is 16.8. The average molecular weight is 425 g/mol. The van der Waals surface area contributed by atoms with Gasteiger partial charge in [-0.15, -0.1) is 0 Å². The first-order chi connectivity index (χ1) is 14.6. The molecule has 0 radical (unpaired) electrons. The lowest BCUT2D eigenvalue weighted by molar-refractivity contribution is -0.124.